The Morgan fingerprint density at radius 2 is 1.89 bits per heavy atom. The highest BCUT2D eigenvalue weighted by Crippen LogP contribution is 2.25. The van der Waals surface area contributed by atoms with E-state index in [4.69, 9.17) is 4.74 Å². The Balaban J connectivity index is 1.75. The first-order valence-electron chi connectivity index (χ1n) is 9.02. The summed E-state index contributed by atoms with van der Waals surface area (Å²) in [5, 5.41) is 2.85. The highest BCUT2D eigenvalue weighted by molar-refractivity contribution is 9.10. The lowest BCUT2D eigenvalue weighted by atomic mass is 9.98. The predicted molar refractivity (Wildman–Crippen MR) is 109 cm³/mol. The van der Waals surface area contributed by atoms with Gasteiger partial charge >= 0.3 is 0 Å². The minimum atomic E-state index is -0.287. The molecule has 0 atom stereocenters. The molecule has 0 saturated carbocycles. The van der Waals surface area contributed by atoms with E-state index in [1.54, 1.807) is 36.4 Å². The van der Waals surface area contributed by atoms with E-state index in [1.165, 1.54) is 7.11 Å². The normalized spacial score (nSPS) is 14.7. The molecule has 1 fully saturated rings. The van der Waals surface area contributed by atoms with Crippen molar-refractivity contribution in [2.75, 3.05) is 25.5 Å². The number of hydrogen-bond acceptors (Lipinski definition) is 3. The minimum absolute atomic E-state index is 0.0121. The van der Waals surface area contributed by atoms with Crippen LogP contribution in [0.1, 0.15) is 40.5 Å². The van der Waals surface area contributed by atoms with Gasteiger partial charge < -0.3 is 15.0 Å². The minimum Gasteiger partial charge on any atom is -0.496 e. The molecule has 0 aliphatic carbocycles. The Hall–Kier alpha value is -2.34. The number of benzene rings is 2. The van der Waals surface area contributed by atoms with E-state index in [9.17, 15) is 9.59 Å². The molecule has 1 heterocycles. The highest BCUT2D eigenvalue weighted by Gasteiger charge is 2.22. The quantitative estimate of drug-likeness (QED) is 0.771. The van der Waals surface area contributed by atoms with Crippen LogP contribution in [-0.2, 0) is 0 Å². The number of carbonyl (C=O) groups is 2. The molecule has 0 radical (unpaired) electrons. The van der Waals surface area contributed by atoms with Gasteiger partial charge in [-0.2, -0.15) is 0 Å². The molecule has 0 aromatic heterocycles. The Morgan fingerprint density at radius 3 is 2.59 bits per heavy atom. The van der Waals surface area contributed by atoms with Crippen molar-refractivity contribution in [3.63, 3.8) is 0 Å². The van der Waals surface area contributed by atoms with E-state index in [-0.39, 0.29) is 11.8 Å². The van der Waals surface area contributed by atoms with Crippen molar-refractivity contribution < 1.29 is 14.3 Å². The number of likely N-dealkylation sites (tertiary alicyclic amines) is 1. The fraction of sp³-hybridized carbons (Fsp3) is 0.333. The Labute approximate surface area is 167 Å². The van der Waals surface area contributed by atoms with Gasteiger partial charge in [-0.3, -0.25) is 9.59 Å². The number of hydrogen-bond donors (Lipinski definition) is 1. The predicted octanol–water partition coefficient (Wildman–Crippen LogP) is 4.58. The third-order valence-electron chi connectivity index (χ3n) is 4.84. The lowest BCUT2D eigenvalue weighted by Crippen LogP contribution is -2.37. The van der Waals surface area contributed by atoms with Gasteiger partial charge in [0, 0.05) is 28.8 Å². The van der Waals surface area contributed by atoms with Crippen LogP contribution in [-0.4, -0.2) is 36.9 Å². The fourth-order valence-electron chi connectivity index (χ4n) is 3.18. The summed E-state index contributed by atoms with van der Waals surface area (Å²) in [5.74, 6) is 0.882. The third kappa shape index (κ3) is 4.69. The molecule has 2 amide bonds. The number of piperidine rings is 1. The van der Waals surface area contributed by atoms with Crippen molar-refractivity contribution in [2.24, 2.45) is 5.92 Å². The van der Waals surface area contributed by atoms with Gasteiger partial charge in [0.1, 0.15) is 5.75 Å². The molecule has 2 aromatic rings. The Kier molecular flexibility index (Phi) is 6.16. The SMILES string of the molecule is COc1ccc(Br)cc1C(=O)Nc1cccc(C(=O)N2CCC(C)CC2)c1. The maximum Gasteiger partial charge on any atom is 0.259 e. The van der Waals surface area contributed by atoms with E-state index < -0.39 is 0 Å². The monoisotopic (exact) mass is 430 g/mol. The molecule has 3 rings (SSSR count). The molecule has 1 saturated heterocycles. The summed E-state index contributed by atoms with van der Waals surface area (Å²) in [7, 11) is 1.53. The van der Waals surface area contributed by atoms with Crippen molar-refractivity contribution in [2.45, 2.75) is 19.8 Å². The number of carbonyl (C=O) groups excluding carboxylic acids is 2. The largest absolute Gasteiger partial charge is 0.496 e. The van der Waals surface area contributed by atoms with Gasteiger partial charge in [0.2, 0.25) is 0 Å². The third-order valence-corrected chi connectivity index (χ3v) is 5.34. The molecule has 1 aliphatic heterocycles. The van der Waals surface area contributed by atoms with Gasteiger partial charge in [0.15, 0.2) is 0 Å². The highest BCUT2D eigenvalue weighted by atomic mass is 79.9. The maximum atomic E-state index is 12.7. The smallest absolute Gasteiger partial charge is 0.259 e. The molecule has 1 aliphatic rings. The number of nitrogens with one attached hydrogen (secondary N) is 1. The molecule has 27 heavy (non-hydrogen) atoms. The topological polar surface area (TPSA) is 58.6 Å². The van der Waals surface area contributed by atoms with Crippen LogP contribution in [0, 0.1) is 5.92 Å². The van der Waals surface area contributed by atoms with Gasteiger partial charge in [-0.1, -0.05) is 28.9 Å². The van der Waals surface area contributed by atoms with Crippen molar-refractivity contribution in [3.8, 4) is 5.75 Å². The summed E-state index contributed by atoms with van der Waals surface area (Å²) in [6, 6.07) is 12.3. The Morgan fingerprint density at radius 1 is 1.15 bits per heavy atom. The van der Waals surface area contributed by atoms with Crippen LogP contribution in [0.2, 0.25) is 0 Å². The van der Waals surface area contributed by atoms with Gasteiger partial charge in [-0.05, 0) is 55.2 Å². The van der Waals surface area contributed by atoms with Gasteiger partial charge in [-0.25, -0.2) is 0 Å². The average Bonchev–Trinajstić information content (AvgIpc) is 2.68. The van der Waals surface area contributed by atoms with E-state index in [0.29, 0.717) is 28.5 Å². The van der Waals surface area contributed by atoms with Crippen LogP contribution >= 0.6 is 15.9 Å². The molecule has 142 valence electrons. The first kappa shape index (κ1) is 19.4. The van der Waals surface area contributed by atoms with Gasteiger partial charge in [-0.15, -0.1) is 0 Å². The van der Waals surface area contributed by atoms with Crippen molar-refractivity contribution in [1.82, 2.24) is 4.90 Å². The molecule has 0 spiro atoms. The van der Waals surface area contributed by atoms with Crippen LogP contribution in [0.5, 0.6) is 5.75 Å². The standard InChI is InChI=1S/C21H23BrN2O3/c1-14-8-10-24(11-9-14)21(26)15-4-3-5-17(12-15)23-20(25)18-13-16(22)6-7-19(18)27-2/h3-7,12-14H,8-11H2,1-2H3,(H,23,25). The molecule has 1 N–H and O–H groups in total. The zero-order valence-corrected chi connectivity index (χ0v) is 17.1. The first-order valence-corrected chi connectivity index (χ1v) is 9.81. The van der Waals surface area contributed by atoms with E-state index in [2.05, 4.69) is 28.2 Å². The second-order valence-electron chi connectivity index (χ2n) is 6.85. The zero-order valence-electron chi connectivity index (χ0n) is 15.5. The zero-order chi connectivity index (χ0) is 19.4. The second kappa shape index (κ2) is 8.57. The molecule has 2 aromatic carbocycles. The molecule has 5 nitrogen and oxygen atoms in total. The van der Waals surface area contributed by atoms with Crippen LogP contribution in [0.25, 0.3) is 0 Å². The summed E-state index contributed by atoms with van der Waals surface area (Å²) in [4.78, 5) is 27.3. The lowest BCUT2D eigenvalue weighted by molar-refractivity contribution is 0.0697. The number of ether oxygens (including phenoxy) is 1. The summed E-state index contributed by atoms with van der Waals surface area (Å²) >= 11 is 3.37. The average molecular weight is 431 g/mol. The number of amides is 2. The van der Waals surface area contributed by atoms with E-state index in [0.717, 1.165) is 30.4 Å². The molecular weight excluding hydrogens is 408 g/mol. The second-order valence-corrected chi connectivity index (χ2v) is 7.77. The van der Waals surface area contributed by atoms with Crippen molar-refractivity contribution in [3.05, 3.63) is 58.1 Å². The van der Waals surface area contributed by atoms with Gasteiger partial charge in [0.05, 0.1) is 12.7 Å². The van der Waals surface area contributed by atoms with Crippen LogP contribution in [0.4, 0.5) is 5.69 Å². The fourth-order valence-corrected chi connectivity index (χ4v) is 3.54. The number of rotatable bonds is 4. The summed E-state index contributed by atoms with van der Waals surface area (Å²) in [6.45, 7) is 3.78. The Bertz CT molecular complexity index is 845. The summed E-state index contributed by atoms with van der Waals surface area (Å²) < 4.78 is 6.06. The van der Waals surface area contributed by atoms with E-state index in [1.807, 2.05) is 11.0 Å². The van der Waals surface area contributed by atoms with Crippen LogP contribution < -0.4 is 10.1 Å². The summed E-state index contributed by atoms with van der Waals surface area (Å²) in [6.07, 6.45) is 2.07. The van der Waals surface area contributed by atoms with Crippen LogP contribution in [0.15, 0.2) is 46.9 Å². The number of methoxy groups -OCH3 is 1. The van der Waals surface area contributed by atoms with Crippen LogP contribution in [0.3, 0.4) is 0 Å². The molecule has 6 heteroatoms. The van der Waals surface area contributed by atoms with E-state index >= 15 is 0 Å². The first-order chi connectivity index (χ1) is 13.0. The maximum absolute atomic E-state index is 12.7. The number of halogens is 1. The molecule has 0 unspecified atom stereocenters. The van der Waals surface area contributed by atoms with Gasteiger partial charge in [0.25, 0.3) is 11.8 Å². The number of anilines is 1. The van der Waals surface area contributed by atoms with Crippen molar-refractivity contribution in [1.29, 1.82) is 0 Å². The lowest BCUT2D eigenvalue weighted by Gasteiger charge is -2.30. The number of nitrogens with zero attached hydrogens (tertiary/aromatic N) is 1. The molecule has 0 bridgehead atoms. The van der Waals surface area contributed by atoms with Crippen molar-refractivity contribution >= 4 is 33.4 Å². The molecular formula is C21H23BrN2O3. The summed E-state index contributed by atoms with van der Waals surface area (Å²) in [5.41, 5.74) is 1.59.